The van der Waals surface area contributed by atoms with E-state index in [0.717, 1.165) is 12.8 Å². The Morgan fingerprint density at radius 2 is 2.00 bits per heavy atom. The van der Waals surface area contributed by atoms with Crippen LogP contribution >= 0.6 is 0 Å². The Morgan fingerprint density at radius 3 is 2.67 bits per heavy atom. The van der Waals surface area contributed by atoms with Crippen molar-refractivity contribution in [1.82, 2.24) is 0 Å². The van der Waals surface area contributed by atoms with Gasteiger partial charge in [0.25, 0.3) is 0 Å². The molecule has 1 nitrogen and oxygen atoms in total. The third-order valence-corrected chi connectivity index (χ3v) is 1.82. The zero-order chi connectivity index (χ0) is 8.65. The maximum absolute atomic E-state index is 3.94. The van der Waals surface area contributed by atoms with Gasteiger partial charge < -0.3 is 4.99 Å². The van der Waals surface area contributed by atoms with Crippen LogP contribution in [0.15, 0.2) is 35.3 Å². The average molecular weight is 161 g/mol. The summed E-state index contributed by atoms with van der Waals surface area (Å²) in [5.74, 6) is 0. The maximum Gasteiger partial charge on any atom is 0.0273 e. The standard InChI is InChI=1S/C11H15N/c1-12-10-6-5-9-11-7-3-2-4-8-11/h2-4,7-8,10H,5-6,9H2,1H3/b12-10-. The minimum atomic E-state index is 1.09. The second-order valence-electron chi connectivity index (χ2n) is 2.82. The molecule has 0 fully saturated rings. The Bertz CT molecular complexity index is 226. The van der Waals surface area contributed by atoms with E-state index in [1.54, 1.807) is 0 Å². The van der Waals surface area contributed by atoms with Crippen LogP contribution in [0, 0.1) is 0 Å². The van der Waals surface area contributed by atoms with Crippen molar-refractivity contribution in [2.75, 3.05) is 7.05 Å². The van der Waals surface area contributed by atoms with Gasteiger partial charge in [-0.15, -0.1) is 0 Å². The van der Waals surface area contributed by atoms with E-state index in [0.29, 0.717) is 0 Å². The predicted molar refractivity (Wildman–Crippen MR) is 53.8 cm³/mol. The summed E-state index contributed by atoms with van der Waals surface area (Å²) in [6.07, 6.45) is 5.42. The molecule has 0 bridgehead atoms. The van der Waals surface area contributed by atoms with Crippen molar-refractivity contribution in [2.24, 2.45) is 4.99 Å². The van der Waals surface area contributed by atoms with E-state index in [2.05, 4.69) is 35.3 Å². The molecule has 64 valence electrons. The lowest BCUT2D eigenvalue weighted by Gasteiger charge is -1.97. The summed E-state index contributed by atoms with van der Waals surface area (Å²) < 4.78 is 0. The number of aliphatic imine (C=N–C) groups is 1. The predicted octanol–water partition coefficient (Wildman–Crippen LogP) is 2.71. The summed E-state index contributed by atoms with van der Waals surface area (Å²) in [4.78, 5) is 3.94. The Kier molecular flexibility index (Phi) is 4.14. The third kappa shape index (κ3) is 3.33. The first-order chi connectivity index (χ1) is 5.93. The molecular formula is C11H15N. The molecule has 0 aliphatic heterocycles. The van der Waals surface area contributed by atoms with Crippen LogP contribution in [0.3, 0.4) is 0 Å². The van der Waals surface area contributed by atoms with E-state index in [1.807, 2.05) is 13.3 Å². The van der Waals surface area contributed by atoms with Gasteiger partial charge >= 0.3 is 0 Å². The van der Waals surface area contributed by atoms with Crippen LogP contribution in [0.4, 0.5) is 0 Å². The van der Waals surface area contributed by atoms with E-state index in [4.69, 9.17) is 0 Å². The molecule has 0 spiro atoms. The molecule has 1 heteroatoms. The topological polar surface area (TPSA) is 12.4 Å². The Balaban J connectivity index is 2.24. The largest absolute Gasteiger partial charge is 0.301 e. The van der Waals surface area contributed by atoms with E-state index < -0.39 is 0 Å². The van der Waals surface area contributed by atoms with Gasteiger partial charge in [0, 0.05) is 7.05 Å². The van der Waals surface area contributed by atoms with Crippen LogP contribution in [0.2, 0.25) is 0 Å². The van der Waals surface area contributed by atoms with Crippen molar-refractivity contribution in [3.8, 4) is 0 Å². The maximum atomic E-state index is 3.94. The van der Waals surface area contributed by atoms with E-state index in [-0.39, 0.29) is 0 Å². The van der Waals surface area contributed by atoms with Crippen LogP contribution in [0.1, 0.15) is 18.4 Å². The lowest BCUT2D eigenvalue weighted by Crippen LogP contribution is -1.84. The zero-order valence-corrected chi connectivity index (χ0v) is 7.53. The van der Waals surface area contributed by atoms with Gasteiger partial charge in [-0.1, -0.05) is 30.3 Å². The molecule has 1 aromatic rings. The molecule has 0 radical (unpaired) electrons. The molecule has 0 atom stereocenters. The van der Waals surface area contributed by atoms with Gasteiger partial charge in [0.1, 0.15) is 0 Å². The van der Waals surface area contributed by atoms with Crippen LogP contribution in [0.25, 0.3) is 0 Å². The summed E-state index contributed by atoms with van der Waals surface area (Å²) in [5.41, 5.74) is 1.42. The number of aryl methyl sites for hydroxylation is 1. The van der Waals surface area contributed by atoms with Gasteiger partial charge in [0.05, 0.1) is 0 Å². The normalized spacial score (nSPS) is 10.8. The Morgan fingerprint density at radius 1 is 1.25 bits per heavy atom. The number of nitrogens with zero attached hydrogens (tertiary/aromatic N) is 1. The molecule has 0 N–H and O–H groups in total. The lowest BCUT2D eigenvalue weighted by atomic mass is 10.1. The molecule has 0 heterocycles. The molecule has 0 aromatic heterocycles. The molecule has 0 aliphatic rings. The van der Waals surface area contributed by atoms with E-state index in [9.17, 15) is 0 Å². The molecule has 0 saturated heterocycles. The summed E-state index contributed by atoms with van der Waals surface area (Å²) in [6, 6.07) is 10.6. The first-order valence-electron chi connectivity index (χ1n) is 4.38. The summed E-state index contributed by atoms with van der Waals surface area (Å²) in [6.45, 7) is 0. The highest BCUT2D eigenvalue weighted by molar-refractivity contribution is 5.56. The fraction of sp³-hybridized carbons (Fsp3) is 0.364. The van der Waals surface area contributed by atoms with Gasteiger partial charge in [0.15, 0.2) is 0 Å². The Hall–Kier alpha value is -1.11. The van der Waals surface area contributed by atoms with Crippen molar-refractivity contribution in [2.45, 2.75) is 19.3 Å². The van der Waals surface area contributed by atoms with Gasteiger partial charge in [-0.2, -0.15) is 0 Å². The quantitative estimate of drug-likeness (QED) is 0.475. The number of unbranched alkanes of at least 4 members (excludes halogenated alkanes) is 1. The average Bonchev–Trinajstić information content (AvgIpc) is 2.14. The van der Waals surface area contributed by atoms with Gasteiger partial charge in [-0.3, -0.25) is 0 Å². The van der Waals surface area contributed by atoms with Crippen molar-refractivity contribution >= 4 is 6.21 Å². The number of rotatable bonds is 4. The van der Waals surface area contributed by atoms with Crippen molar-refractivity contribution in [1.29, 1.82) is 0 Å². The minimum Gasteiger partial charge on any atom is -0.301 e. The monoisotopic (exact) mass is 161 g/mol. The highest BCUT2D eigenvalue weighted by atomic mass is 14.6. The van der Waals surface area contributed by atoms with Crippen LogP contribution in [-0.4, -0.2) is 13.3 Å². The fourth-order valence-electron chi connectivity index (χ4n) is 1.17. The molecular weight excluding hydrogens is 146 g/mol. The molecule has 12 heavy (non-hydrogen) atoms. The second kappa shape index (κ2) is 5.53. The van der Waals surface area contributed by atoms with Crippen molar-refractivity contribution < 1.29 is 0 Å². The van der Waals surface area contributed by atoms with Crippen molar-refractivity contribution in [3.05, 3.63) is 35.9 Å². The van der Waals surface area contributed by atoms with Gasteiger partial charge in [-0.05, 0) is 31.0 Å². The molecule has 1 rings (SSSR count). The molecule has 0 aliphatic carbocycles. The highest BCUT2D eigenvalue weighted by Gasteiger charge is 1.89. The fourth-order valence-corrected chi connectivity index (χ4v) is 1.17. The molecule has 0 unspecified atom stereocenters. The first-order valence-corrected chi connectivity index (χ1v) is 4.38. The zero-order valence-electron chi connectivity index (χ0n) is 7.53. The van der Waals surface area contributed by atoms with Crippen molar-refractivity contribution in [3.63, 3.8) is 0 Å². The molecule has 1 aromatic carbocycles. The van der Waals surface area contributed by atoms with Gasteiger partial charge in [-0.25, -0.2) is 0 Å². The lowest BCUT2D eigenvalue weighted by molar-refractivity contribution is 0.873. The SMILES string of the molecule is C/N=C\CCCc1ccccc1. The van der Waals surface area contributed by atoms with Crippen LogP contribution < -0.4 is 0 Å². The van der Waals surface area contributed by atoms with E-state index >= 15 is 0 Å². The van der Waals surface area contributed by atoms with Crippen LogP contribution in [-0.2, 0) is 6.42 Å². The Labute approximate surface area is 74.2 Å². The third-order valence-electron chi connectivity index (χ3n) is 1.82. The van der Waals surface area contributed by atoms with E-state index in [1.165, 1.54) is 12.0 Å². The smallest absolute Gasteiger partial charge is 0.0273 e. The summed E-state index contributed by atoms with van der Waals surface area (Å²) >= 11 is 0. The van der Waals surface area contributed by atoms with Crippen LogP contribution in [0.5, 0.6) is 0 Å². The highest BCUT2D eigenvalue weighted by Crippen LogP contribution is 2.03. The minimum absolute atomic E-state index is 1.09. The summed E-state index contributed by atoms with van der Waals surface area (Å²) in [7, 11) is 1.82. The number of hydrogen-bond donors (Lipinski definition) is 0. The molecule has 0 amide bonds. The summed E-state index contributed by atoms with van der Waals surface area (Å²) in [5, 5.41) is 0. The number of benzene rings is 1. The van der Waals surface area contributed by atoms with Gasteiger partial charge in [0.2, 0.25) is 0 Å². The first kappa shape index (κ1) is 8.98. The second-order valence-corrected chi connectivity index (χ2v) is 2.82. The number of hydrogen-bond acceptors (Lipinski definition) is 1. The molecule has 0 saturated carbocycles.